The van der Waals surface area contributed by atoms with E-state index in [4.69, 9.17) is 16.3 Å². The molecule has 9 heteroatoms. The number of nitrogens with zero attached hydrogens (tertiary/aromatic N) is 3. The summed E-state index contributed by atoms with van der Waals surface area (Å²) in [6.45, 7) is 4.05. The summed E-state index contributed by atoms with van der Waals surface area (Å²) in [5.41, 5.74) is 3.46. The number of imide groups is 1. The second kappa shape index (κ2) is 8.91. The van der Waals surface area contributed by atoms with Gasteiger partial charge in [0.15, 0.2) is 6.61 Å². The molecule has 29 heavy (non-hydrogen) atoms. The Morgan fingerprint density at radius 1 is 1.28 bits per heavy atom. The maximum Gasteiger partial charge on any atom is 0.416 e. The van der Waals surface area contributed by atoms with Crippen LogP contribution in [0.15, 0.2) is 30.3 Å². The maximum atomic E-state index is 11.9. The van der Waals surface area contributed by atoms with Crippen molar-refractivity contribution in [2.24, 2.45) is 0 Å². The van der Waals surface area contributed by atoms with Gasteiger partial charge in [-0.05, 0) is 25.5 Å². The molecule has 1 saturated heterocycles. The Morgan fingerprint density at radius 2 is 2.00 bits per heavy atom. The molecule has 2 heterocycles. The lowest BCUT2D eigenvalue weighted by molar-refractivity contribution is -0.146. The Morgan fingerprint density at radius 3 is 2.66 bits per heavy atom. The molecular weight excluding hydrogens is 398 g/mol. The van der Waals surface area contributed by atoms with Gasteiger partial charge in [-0.3, -0.25) is 4.79 Å². The van der Waals surface area contributed by atoms with E-state index < -0.39 is 24.6 Å². The smallest absolute Gasteiger partial charge is 0.416 e. The number of amides is 2. The van der Waals surface area contributed by atoms with Crippen LogP contribution in [0.3, 0.4) is 0 Å². The third-order valence-corrected chi connectivity index (χ3v) is 4.75. The fourth-order valence-corrected chi connectivity index (χ4v) is 3.06. The Bertz CT molecular complexity index is 965. The van der Waals surface area contributed by atoms with Crippen LogP contribution in [0.4, 0.5) is 4.79 Å². The van der Waals surface area contributed by atoms with Gasteiger partial charge < -0.3 is 9.47 Å². The van der Waals surface area contributed by atoms with Gasteiger partial charge >= 0.3 is 12.1 Å². The molecule has 1 fully saturated rings. The number of ether oxygens (including phenoxy) is 2. The molecule has 1 aromatic heterocycles. The lowest BCUT2D eigenvalue weighted by Gasteiger charge is -2.09. The maximum absolute atomic E-state index is 11.9. The summed E-state index contributed by atoms with van der Waals surface area (Å²) in [7, 11) is 0. The highest BCUT2D eigenvalue weighted by Crippen LogP contribution is 2.22. The molecule has 152 valence electrons. The van der Waals surface area contributed by atoms with Gasteiger partial charge in [-0.1, -0.05) is 41.4 Å². The van der Waals surface area contributed by atoms with Gasteiger partial charge in [0.25, 0.3) is 5.91 Å². The van der Waals surface area contributed by atoms with E-state index in [2.05, 4.69) is 9.84 Å². The van der Waals surface area contributed by atoms with E-state index in [0.29, 0.717) is 23.0 Å². The predicted octanol–water partition coefficient (Wildman–Crippen LogP) is 2.74. The average Bonchev–Trinajstić information content (AvgIpc) is 3.23. The van der Waals surface area contributed by atoms with Crippen LogP contribution in [0.5, 0.6) is 0 Å². The number of rotatable bonds is 6. The third-order valence-electron chi connectivity index (χ3n) is 4.35. The first kappa shape index (κ1) is 20.6. The molecule has 0 saturated carbocycles. The van der Waals surface area contributed by atoms with E-state index in [1.807, 2.05) is 31.2 Å². The molecule has 0 unspecified atom stereocenters. The number of carbonyl (C=O) groups excluding carboxylic acids is 3. The monoisotopic (exact) mass is 417 g/mol. The molecule has 0 N–H and O–H groups in total. The fourth-order valence-electron chi connectivity index (χ4n) is 2.76. The van der Waals surface area contributed by atoms with Gasteiger partial charge in [0.2, 0.25) is 0 Å². The average molecular weight is 418 g/mol. The summed E-state index contributed by atoms with van der Waals surface area (Å²) < 4.78 is 11.2. The molecule has 2 aromatic rings. The Labute approximate surface area is 172 Å². The summed E-state index contributed by atoms with van der Waals surface area (Å²) in [6, 6.07) is 8.03. The number of carbonyl (C=O) groups is 3. The van der Waals surface area contributed by atoms with Crippen molar-refractivity contribution in [1.82, 2.24) is 14.7 Å². The van der Waals surface area contributed by atoms with Gasteiger partial charge in [-0.25, -0.2) is 19.2 Å². The van der Waals surface area contributed by atoms with Crippen LogP contribution in [0.25, 0.3) is 6.08 Å². The lowest BCUT2D eigenvalue weighted by atomic mass is 10.1. The van der Waals surface area contributed by atoms with Gasteiger partial charge in [-0.2, -0.15) is 5.10 Å². The SMILES string of the molecule is Cc1ccc(Cn2nc(C)c(/C=C/C(=O)OCC(=O)N3CCOC3=O)c2Cl)cc1. The number of benzene rings is 1. The second-order valence-electron chi connectivity index (χ2n) is 6.53. The Hall–Kier alpha value is -3.13. The number of esters is 1. The first-order chi connectivity index (χ1) is 13.8. The predicted molar refractivity (Wildman–Crippen MR) is 105 cm³/mol. The van der Waals surface area contributed by atoms with Crippen LogP contribution >= 0.6 is 11.6 Å². The van der Waals surface area contributed by atoms with Crippen LogP contribution in [0.1, 0.15) is 22.4 Å². The van der Waals surface area contributed by atoms with Crippen molar-refractivity contribution in [2.45, 2.75) is 20.4 Å². The molecule has 1 aliphatic heterocycles. The van der Waals surface area contributed by atoms with Gasteiger partial charge in [0.1, 0.15) is 11.8 Å². The zero-order valence-corrected chi connectivity index (χ0v) is 16.8. The Balaban J connectivity index is 1.60. The highest BCUT2D eigenvalue weighted by Gasteiger charge is 2.28. The fraction of sp³-hybridized carbons (Fsp3) is 0.300. The van der Waals surface area contributed by atoms with Crippen LogP contribution in [0, 0.1) is 13.8 Å². The summed E-state index contributed by atoms with van der Waals surface area (Å²) >= 11 is 6.41. The van der Waals surface area contributed by atoms with E-state index in [-0.39, 0.29) is 13.2 Å². The van der Waals surface area contributed by atoms with E-state index >= 15 is 0 Å². The number of aromatic nitrogens is 2. The number of aryl methyl sites for hydroxylation is 2. The van der Waals surface area contributed by atoms with E-state index in [1.54, 1.807) is 11.6 Å². The molecule has 0 bridgehead atoms. The highest BCUT2D eigenvalue weighted by atomic mass is 35.5. The van der Waals surface area contributed by atoms with Crippen molar-refractivity contribution < 1.29 is 23.9 Å². The summed E-state index contributed by atoms with van der Waals surface area (Å²) in [6.07, 6.45) is 1.93. The van der Waals surface area contributed by atoms with Gasteiger partial charge in [-0.15, -0.1) is 0 Å². The summed E-state index contributed by atoms with van der Waals surface area (Å²) in [5, 5.41) is 4.80. The van der Waals surface area contributed by atoms with Gasteiger partial charge in [0, 0.05) is 11.6 Å². The molecule has 0 radical (unpaired) electrons. The van der Waals surface area contributed by atoms with Crippen molar-refractivity contribution >= 4 is 35.6 Å². The van der Waals surface area contributed by atoms with Crippen LogP contribution in [0.2, 0.25) is 5.15 Å². The molecule has 0 atom stereocenters. The second-order valence-corrected chi connectivity index (χ2v) is 6.89. The van der Waals surface area contributed by atoms with Crippen molar-refractivity contribution in [3.63, 3.8) is 0 Å². The standard InChI is InChI=1S/C20H20ClN3O5/c1-13-3-5-15(6-4-13)11-24-19(21)16(14(2)22-24)7-8-18(26)29-12-17(25)23-9-10-28-20(23)27/h3-8H,9-12H2,1-2H3/b8-7+. The summed E-state index contributed by atoms with van der Waals surface area (Å²) in [4.78, 5) is 35.9. The van der Waals surface area contributed by atoms with Crippen LogP contribution < -0.4 is 0 Å². The normalized spacial score (nSPS) is 13.8. The lowest BCUT2D eigenvalue weighted by Crippen LogP contribution is -2.35. The number of hydrogen-bond donors (Lipinski definition) is 0. The van der Waals surface area contributed by atoms with E-state index in [0.717, 1.165) is 10.5 Å². The molecule has 0 aliphatic carbocycles. The zero-order chi connectivity index (χ0) is 21.0. The largest absolute Gasteiger partial charge is 0.452 e. The molecule has 0 spiro atoms. The minimum Gasteiger partial charge on any atom is -0.452 e. The van der Waals surface area contributed by atoms with Gasteiger partial charge in [0.05, 0.1) is 18.8 Å². The molecule has 1 aromatic carbocycles. The van der Waals surface area contributed by atoms with E-state index in [9.17, 15) is 14.4 Å². The highest BCUT2D eigenvalue weighted by molar-refractivity contribution is 6.31. The van der Waals surface area contributed by atoms with Crippen molar-refractivity contribution in [2.75, 3.05) is 19.8 Å². The minimum atomic E-state index is -0.731. The topological polar surface area (TPSA) is 90.7 Å². The third kappa shape index (κ3) is 5.03. The van der Waals surface area contributed by atoms with E-state index in [1.165, 1.54) is 17.7 Å². The zero-order valence-electron chi connectivity index (χ0n) is 16.1. The minimum absolute atomic E-state index is 0.142. The molecule has 1 aliphatic rings. The Kier molecular flexibility index (Phi) is 6.33. The van der Waals surface area contributed by atoms with Crippen LogP contribution in [-0.2, 0) is 25.6 Å². The molecule has 8 nitrogen and oxygen atoms in total. The summed E-state index contributed by atoms with van der Waals surface area (Å²) in [5.74, 6) is -1.36. The number of halogens is 1. The molecule has 2 amide bonds. The first-order valence-electron chi connectivity index (χ1n) is 8.95. The van der Waals surface area contributed by atoms with Crippen molar-refractivity contribution in [3.8, 4) is 0 Å². The van der Waals surface area contributed by atoms with Crippen molar-refractivity contribution in [1.29, 1.82) is 0 Å². The number of hydrogen-bond acceptors (Lipinski definition) is 6. The number of cyclic esters (lactones) is 1. The quantitative estimate of drug-likeness (QED) is 0.530. The van der Waals surface area contributed by atoms with Crippen LogP contribution in [-0.4, -0.2) is 52.4 Å². The first-order valence-corrected chi connectivity index (χ1v) is 9.33. The molecular formula is C20H20ClN3O5. The van der Waals surface area contributed by atoms with Crippen molar-refractivity contribution in [3.05, 3.63) is 57.9 Å². The molecule has 3 rings (SSSR count).